The number of aromatic nitrogens is 4. The summed E-state index contributed by atoms with van der Waals surface area (Å²) in [6.45, 7) is 2.01. The third-order valence-electron chi connectivity index (χ3n) is 5.40. The van der Waals surface area contributed by atoms with Crippen molar-refractivity contribution in [2.45, 2.75) is 13.3 Å². The largest absolute Gasteiger partial charge is 0.495 e. The summed E-state index contributed by atoms with van der Waals surface area (Å²) in [5.74, 6) is 0.303. The highest BCUT2D eigenvalue weighted by atomic mass is 19.1. The number of halogens is 1. The molecule has 0 N–H and O–H groups in total. The Balaban J connectivity index is 1.78. The molecule has 0 aliphatic carbocycles. The monoisotopic (exact) mass is 414 g/mol. The standard InChI is InChI=1S/C24H19FN4O2/c1-3-18-22(15-8-10-16(25)11-9-15)23-26-14-17-19(29(23)27-18)12-13-28(24(17)30)20-6-4-5-7-21(20)31-2/h4-14H,3H2,1-2H3. The van der Waals surface area contributed by atoms with Crippen molar-refractivity contribution in [2.75, 3.05) is 7.11 Å². The third kappa shape index (κ3) is 2.97. The molecule has 0 aliphatic heterocycles. The van der Waals surface area contributed by atoms with E-state index in [0.717, 1.165) is 16.8 Å². The molecule has 5 rings (SSSR count). The Morgan fingerprint density at radius 1 is 1.06 bits per heavy atom. The summed E-state index contributed by atoms with van der Waals surface area (Å²) in [4.78, 5) is 17.9. The number of pyridine rings is 1. The fraction of sp³-hybridized carbons (Fsp3) is 0.125. The van der Waals surface area contributed by atoms with Crippen molar-refractivity contribution in [3.05, 3.63) is 88.9 Å². The molecule has 6 nitrogen and oxygen atoms in total. The molecule has 0 aliphatic rings. The molecule has 3 aromatic heterocycles. The molecular weight excluding hydrogens is 395 g/mol. The number of aryl methyl sites for hydroxylation is 1. The van der Waals surface area contributed by atoms with Crippen LogP contribution in [0.3, 0.4) is 0 Å². The van der Waals surface area contributed by atoms with E-state index in [1.54, 1.807) is 40.7 Å². The van der Waals surface area contributed by atoms with E-state index in [0.29, 0.717) is 34.4 Å². The minimum absolute atomic E-state index is 0.215. The van der Waals surface area contributed by atoms with E-state index in [2.05, 4.69) is 4.98 Å². The Morgan fingerprint density at radius 3 is 2.58 bits per heavy atom. The summed E-state index contributed by atoms with van der Waals surface area (Å²) < 4.78 is 22.1. The van der Waals surface area contributed by atoms with Gasteiger partial charge in [-0.3, -0.25) is 9.36 Å². The van der Waals surface area contributed by atoms with Gasteiger partial charge in [0.05, 0.1) is 29.4 Å². The molecule has 2 aromatic carbocycles. The van der Waals surface area contributed by atoms with Crippen LogP contribution in [0.25, 0.3) is 33.4 Å². The molecule has 0 atom stereocenters. The first-order valence-corrected chi connectivity index (χ1v) is 9.93. The van der Waals surface area contributed by atoms with Gasteiger partial charge in [-0.1, -0.05) is 31.2 Å². The molecule has 0 saturated carbocycles. The highest BCUT2D eigenvalue weighted by Crippen LogP contribution is 2.30. The van der Waals surface area contributed by atoms with Crippen LogP contribution in [-0.2, 0) is 6.42 Å². The number of methoxy groups -OCH3 is 1. The second-order valence-electron chi connectivity index (χ2n) is 7.14. The van der Waals surface area contributed by atoms with Crippen LogP contribution >= 0.6 is 0 Å². The van der Waals surface area contributed by atoms with Crippen molar-refractivity contribution >= 4 is 16.6 Å². The normalized spacial score (nSPS) is 11.3. The number of hydrogen-bond donors (Lipinski definition) is 0. The van der Waals surface area contributed by atoms with Crippen molar-refractivity contribution in [2.24, 2.45) is 0 Å². The molecular formula is C24H19FN4O2. The van der Waals surface area contributed by atoms with Gasteiger partial charge >= 0.3 is 0 Å². The van der Waals surface area contributed by atoms with Gasteiger partial charge < -0.3 is 4.74 Å². The van der Waals surface area contributed by atoms with Crippen molar-refractivity contribution in [3.8, 4) is 22.6 Å². The molecule has 0 amide bonds. The molecule has 7 heteroatoms. The number of para-hydroxylation sites is 2. The average Bonchev–Trinajstić information content (AvgIpc) is 3.19. The number of benzene rings is 2. The summed E-state index contributed by atoms with van der Waals surface area (Å²) in [5, 5.41) is 5.16. The fourth-order valence-corrected chi connectivity index (χ4v) is 3.89. The van der Waals surface area contributed by atoms with Crippen molar-refractivity contribution in [1.82, 2.24) is 19.2 Å². The summed E-state index contributed by atoms with van der Waals surface area (Å²) in [6, 6.07) is 15.5. The van der Waals surface area contributed by atoms with Crippen LogP contribution in [0.15, 0.2) is 71.8 Å². The number of ether oxygens (including phenoxy) is 1. The molecule has 0 saturated heterocycles. The van der Waals surface area contributed by atoms with Crippen molar-refractivity contribution < 1.29 is 9.13 Å². The smallest absolute Gasteiger partial charge is 0.266 e. The minimum Gasteiger partial charge on any atom is -0.495 e. The van der Waals surface area contributed by atoms with Gasteiger partial charge in [0.15, 0.2) is 5.65 Å². The molecule has 5 aromatic rings. The van der Waals surface area contributed by atoms with E-state index in [-0.39, 0.29) is 11.4 Å². The topological polar surface area (TPSA) is 61.4 Å². The molecule has 154 valence electrons. The molecule has 0 radical (unpaired) electrons. The molecule has 31 heavy (non-hydrogen) atoms. The molecule has 3 heterocycles. The second-order valence-corrected chi connectivity index (χ2v) is 7.14. The van der Waals surface area contributed by atoms with Gasteiger partial charge in [-0.2, -0.15) is 5.10 Å². The van der Waals surface area contributed by atoms with Crippen LogP contribution in [0.2, 0.25) is 0 Å². The SMILES string of the molecule is CCc1nn2c(ncc3c(=O)n(-c4ccccc4OC)ccc32)c1-c1ccc(F)cc1. The lowest BCUT2D eigenvalue weighted by molar-refractivity contribution is 0.412. The predicted octanol–water partition coefficient (Wildman–Crippen LogP) is 4.41. The highest BCUT2D eigenvalue weighted by Gasteiger charge is 2.18. The van der Waals surface area contributed by atoms with Gasteiger partial charge in [0.2, 0.25) is 0 Å². The maximum absolute atomic E-state index is 13.4. The third-order valence-corrected chi connectivity index (χ3v) is 5.40. The Kier molecular flexibility index (Phi) is 4.51. The zero-order valence-electron chi connectivity index (χ0n) is 17.0. The summed E-state index contributed by atoms with van der Waals surface area (Å²) in [5.41, 5.74) is 4.24. The summed E-state index contributed by atoms with van der Waals surface area (Å²) >= 11 is 0. The first kappa shape index (κ1) is 19.0. The number of hydrogen-bond acceptors (Lipinski definition) is 4. The van der Waals surface area contributed by atoms with Gasteiger partial charge in [0.25, 0.3) is 5.56 Å². The Hall–Kier alpha value is -4.00. The molecule has 0 spiro atoms. The quantitative estimate of drug-likeness (QED) is 0.437. The fourth-order valence-electron chi connectivity index (χ4n) is 3.89. The first-order chi connectivity index (χ1) is 15.1. The lowest BCUT2D eigenvalue weighted by Gasteiger charge is -2.11. The number of nitrogens with zero attached hydrogens (tertiary/aromatic N) is 4. The Labute approximate surface area is 177 Å². The van der Waals surface area contributed by atoms with Crippen molar-refractivity contribution in [1.29, 1.82) is 0 Å². The number of fused-ring (bicyclic) bond motifs is 3. The summed E-state index contributed by atoms with van der Waals surface area (Å²) in [7, 11) is 1.57. The lowest BCUT2D eigenvalue weighted by Crippen LogP contribution is -2.19. The van der Waals surface area contributed by atoms with Crippen LogP contribution in [0, 0.1) is 5.82 Å². The molecule has 0 fully saturated rings. The van der Waals surface area contributed by atoms with Gasteiger partial charge in [-0.25, -0.2) is 13.9 Å². The minimum atomic E-state index is -0.298. The van der Waals surface area contributed by atoms with Crippen LogP contribution < -0.4 is 10.3 Å². The second kappa shape index (κ2) is 7.36. The van der Waals surface area contributed by atoms with Crippen LogP contribution in [0.5, 0.6) is 5.75 Å². The average molecular weight is 414 g/mol. The Bertz CT molecular complexity index is 1490. The van der Waals surface area contributed by atoms with E-state index >= 15 is 0 Å². The van der Waals surface area contributed by atoms with Crippen molar-refractivity contribution in [3.63, 3.8) is 0 Å². The summed E-state index contributed by atoms with van der Waals surface area (Å²) in [6.07, 6.45) is 3.97. The first-order valence-electron chi connectivity index (χ1n) is 9.93. The zero-order valence-corrected chi connectivity index (χ0v) is 17.0. The Morgan fingerprint density at radius 2 is 1.84 bits per heavy atom. The maximum atomic E-state index is 13.4. The predicted molar refractivity (Wildman–Crippen MR) is 117 cm³/mol. The van der Waals surface area contributed by atoms with Crippen LogP contribution in [0.1, 0.15) is 12.6 Å². The molecule has 0 bridgehead atoms. The van der Waals surface area contributed by atoms with Gasteiger partial charge in [-0.15, -0.1) is 0 Å². The van der Waals surface area contributed by atoms with Gasteiger partial charge in [-0.05, 0) is 42.3 Å². The van der Waals surface area contributed by atoms with E-state index < -0.39 is 0 Å². The van der Waals surface area contributed by atoms with Gasteiger partial charge in [0.1, 0.15) is 11.6 Å². The van der Waals surface area contributed by atoms with E-state index in [1.807, 2.05) is 37.3 Å². The van der Waals surface area contributed by atoms with Crippen LogP contribution in [0.4, 0.5) is 4.39 Å². The van der Waals surface area contributed by atoms with Gasteiger partial charge in [0, 0.05) is 18.0 Å². The van der Waals surface area contributed by atoms with E-state index in [4.69, 9.17) is 9.84 Å². The van der Waals surface area contributed by atoms with Crippen LogP contribution in [-0.4, -0.2) is 26.3 Å². The highest BCUT2D eigenvalue weighted by molar-refractivity contribution is 5.86. The van der Waals surface area contributed by atoms with E-state index in [9.17, 15) is 9.18 Å². The molecule has 0 unspecified atom stereocenters. The number of rotatable bonds is 4. The van der Waals surface area contributed by atoms with E-state index in [1.165, 1.54) is 12.1 Å². The zero-order chi connectivity index (χ0) is 21.5. The lowest BCUT2D eigenvalue weighted by atomic mass is 10.0. The maximum Gasteiger partial charge on any atom is 0.266 e.